The summed E-state index contributed by atoms with van der Waals surface area (Å²) in [7, 11) is 0. The summed E-state index contributed by atoms with van der Waals surface area (Å²) in [5.74, 6) is -2.36. The number of carboxylic acids is 1. The molecular formula is C14H17NO5. The topological polar surface area (TPSA) is 76.1 Å². The van der Waals surface area contributed by atoms with E-state index in [4.69, 9.17) is 9.47 Å². The van der Waals surface area contributed by atoms with Crippen LogP contribution < -0.4 is 0 Å². The second kappa shape index (κ2) is 4.05. The van der Waals surface area contributed by atoms with E-state index in [1.54, 1.807) is 11.0 Å². The fourth-order valence-corrected chi connectivity index (χ4v) is 4.05. The number of carbonyl (C=O) groups is 2. The third-order valence-electron chi connectivity index (χ3n) is 4.91. The highest BCUT2D eigenvalue weighted by Crippen LogP contribution is 2.51. The minimum atomic E-state index is -0.946. The van der Waals surface area contributed by atoms with Crippen molar-refractivity contribution in [2.45, 2.75) is 30.7 Å². The molecule has 4 heterocycles. The van der Waals surface area contributed by atoms with Gasteiger partial charge in [0, 0.05) is 13.2 Å². The summed E-state index contributed by atoms with van der Waals surface area (Å²) >= 11 is 0. The molecule has 6 heteroatoms. The largest absolute Gasteiger partial charge is 0.481 e. The van der Waals surface area contributed by atoms with Crippen LogP contribution in [-0.4, -0.2) is 59.4 Å². The SMILES string of the molecule is O=C(O)C1[C@H]2C=CC3(CN(CC4CCCO4)C(=O)[C@@H]13)O2. The molecule has 0 radical (unpaired) electrons. The molecule has 4 aliphatic rings. The van der Waals surface area contributed by atoms with Gasteiger partial charge in [-0.2, -0.15) is 0 Å². The molecule has 0 saturated carbocycles. The quantitative estimate of drug-likeness (QED) is 0.738. The Morgan fingerprint density at radius 3 is 3.10 bits per heavy atom. The zero-order valence-corrected chi connectivity index (χ0v) is 11.0. The Balaban J connectivity index is 1.58. The van der Waals surface area contributed by atoms with Gasteiger partial charge >= 0.3 is 5.97 Å². The second-order valence-electron chi connectivity index (χ2n) is 6.09. The Hall–Kier alpha value is -1.40. The van der Waals surface area contributed by atoms with Crippen LogP contribution in [-0.2, 0) is 19.1 Å². The molecule has 0 aromatic rings. The van der Waals surface area contributed by atoms with Gasteiger partial charge < -0.3 is 19.5 Å². The summed E-state index contributed by atoms with van der Waals surface area (Å²) in [6.45, 7) is 1.75. The Kier molecular flexibility index (Phi) is 2.50. The van der Waals surface area contributed by atoms with Crippen molar-refractivity contribution in [1.82, 2.24) is 4.90 Å². The lowest BCUT2D eigenvalue weighted by Crippen LogP contribution is -2.39. The molecular weight excluding hydrogens is 262 g/mol. The highest BCUT2D eigenvalue weighted by atomic mass is 16.5. The maximum atomic E-state index is 12.6. The van der Waals surface area contributed by atoms with Gasteiger partial charge in [0.1, 0.15) is 11.5 Å². The summed E-state index contributed by atoms with van der Waals surface area (Å²) in [4.78, 5) is 25.7. The first kappa shape index (κ1) is 12.3. The van der Waals surface area contributed by atoms with Gasteiger partial charge in [-0.05, 0) is 12.8 Å². The summed E-state index contributed by atoms with van der Waals surface area (Å²) in [5.41, 5.74) is -0.719. The van der Waals surface area contributed by atoms with Crippen molar-refractivity contribution in [2.24, 2.45) is 11.8 Å². The predicted octanol–water partition coefficient (Wildman–Crippen LogP) is 0.0320. The van der Waals surface area contributed by atoms with E-state index in [9.17, 15) is 14.7 Å². The third-order valence-corrected chi connectivity index (χ3v) is 4.91. The van der Waals surface area contributed by atoms with Gasteiger partial charge in [0.25, 0.3) is 0 Å². The molecule has 3 saturated heterocycles. The minimum Gasteiger partial charge on any atom is -0.481 e. The molecule has 1 spiro atoms. The van der Waals surface area contributed by atoms with Crippen LogP contribution in [0.4, 0.5) is 0 Å². The Bertz CT molecular complexity index is 498. The summed E-state index contributed by atoms with van der Waals surface area (Å²) in [5, 5.41) is 9.36. The van der Waals surface area contributed by atoms with Gasteiger partial charge in [-0.1, -0.05) is 12.2 Å². The summed E-state index contributed by atoms with van der Waals surface area (Å²) in [6.07, 6.45) is 5.29. The van der Waals surface area contributed by atoms with Gasteiger partial charge in [-0.15, -0.1) is 0 Å². The molecule has 3 unspecified atom stereocenters. The number of fused-ring (bicyclic) bond motifs is 1. The lowest BCUT2D eigenvalue weighted by atomic mass is 9.77. The monoisotopic (exact) mass is 279 g/mol. The molecule has 2 bridgehead atoms. The Labute approximate surface area is 116 Å². The van der Waals surface area contributed by atoms with Crippen molar-refractivity contribution in [3.05, 3.63) is 12.2 Å². The molecule has 4 aliphatic heterocycles. The van der Waals surface area contributed by atoms with E-state index in [1.165, 1.54) is 0 Å². The maximum Gasteiger partial charge on any atom is 0.310 e. The van der Waals surface area contributed by atoms with Crippen LogP contribution in [0.1, 0.15) is 12.8 Å². The first-order chi connectivity index (χ1) is 9.61. The van der Waals surface area contributed by atoms with Crippen molar-refractivity contribution in [3.63, 3.8) is 0 Å². The minimum absolute atomic E-state index is 0.0821. The van der Waals surface area contributed by atoms with Crippen LogP contribution in [0.2, 0.25) is 0 Å². The third kappa shape index (κ3) is 1.52. The average Bonchev–Trinajstić information content (AvgIpc) is 3.12. The van der Waals surface area contributed by atoms with Crippen molar-refractivity contribution >= 4 is 11.9 Å². The van der Waals surface area contributed by atoms with E-state index in [0.717, 1.165) is 19.4 Å². The normalized spacial score (nSPS) is 45.4. The fraction of sp³-hybridized carbons (Fsp3) is 0.714. The van der Waals surface area contributed by atoms with E-state index in [0.29, 0.717) is 13.1 Å². The van der Waals surface area contributed by atoms with Crippen LogP contribution in [0.15, 0.2) is 12.2 Å². The van der Waals surface area contributed by atoms with Crippen LogP contribution in [0.3, 0.4) is 0 Å². The summed E-state index contributed by atoms with van der Waals surface area (Å²) < 4.78 is 11.4. The number of amides is 1. The van der Waals surface area contributed by atoms with E-state index < -0.39 is 29.5 Å². The highest BCUT2D eigenvalue weighted by molar-refractivity contribution is 5.90. The molecule has 108 valence electrons. The second-order valence-corrected chi connectivity index (χ2v) is 6.09. The Morgan fingerprint density at radius 2 is 2.40 bits per heavy atom. The number of ether oxygens (including phenoxy) is 2. The summed E-state index contributed by atoms with van der Waals surface area (Å²) in [6, 6.07) is 0. The number of aliphatic carboxylic acids is 1. The van der Waals surface area contributed by atoms with Crippen LogP contribution in [0.25, 0.3) is 0 Å². The van der Waals surface area contributed by atoms with Gasteiger partial charge in [0.05, 0.1) is 24.7 Å². The van der Waals surface area contributed by atoms with Gasteiger partial charge in [-0.25, -0.2) is 0 Å². The molecule has 1 N–H and O–H groups in total. The number of hydrogen-bond acceptors (Lipinski definition) is 4. The first-order valence-corrected chi connectivity index (χ1v) is 7.11. The molecule has 0 aromatic carbocycles. The predicted molar refractivity (Wildman–Crippen MR) is 66.9 cm³/mol. The van der Waals surface area contributed by atoms with E-state index in [-0.39, 0.29) is 12.0 Å². The zero-order valence-electron chi connectivity index (χ0n) is 11.0. The van der Waals surface area contributed by atoms with E-state index >= 15 is 0 Å². The molecule has 20 heavy (non-hydrogen) atoms. The zero-order chi connectivity index (χ0) is 13.9. The van der Waals surface area contributed by atoms with Gasteiger partial charge in [0.15, 0.2) is 0 Å². The van der Waals surface area contributed by atoms with E-state index in [1.807, 2.05) is 6.08 Å². The van der Waals surface area contributed by atoms with Crippen LogP contribution >= 0.6 is 0 Å². The molecule has 5 atom stereocenters. The number of carboxylic acid groups (broad SMARTS) is 1. The number of nitrogens with zero attached hydrogens (tertiary/aromatic N) is 1. The van der Waals surface area contributed by atoms with Gasteiger partial charge in [0.2, 0.25) is 5.91 Å². The van der Waals surface area contributed by atoms with Crippen LogP contribution in [0.5, 0.6) is 0 Å². The number of likely N-dealkylation sites (tertiary alicyclic amines) is 1. The van der Waals surface area contributed by atoms with Gasteiger partial charge in [-0.3, -0.25) is 9.59 Å². The Morgan fingerprint density at radius 1 is 1.55 bits per heavy atom. The first-order valence-electron chi connectivity index (χ1n) is 7.11. The lowest BCUT2D eigenvalue weighted by Gasteiger charge is -2.23. The lowest BCUT2D eigenvalue weighted by molar-refractivity contribution is -0.148. The average molecular weight is 279 g/mol. The molecule has 3 fully saturated rings. The maximum absolute atomic E-state index is 12.6. The molecule has 0 aliphatic carbocycles. The van der Waals surface area contributed by atoms with Crippen LogP contribution in [0, 0.1) is 11.8 Å². The standard InChI is InChI=1S/C14H17NO5/c16-12-11-10(13(17)18)9-3-4-14(11,20-9)7-15(12)6-8-2-1-5-19-8/h3-4,8-11H,1-2,5-7H2,(H,17,18)/t8?,9-,10?,11-,14?/m1/s1. The highest BCUT2D eigenvalue weighted by Gasteiger charge is 2.67. The number of rotatable bonds is 3. The van der Waals surface area contributed by atoms with E-state index in [2.05, 4.69) is 0 Å². The van der Waals surface area contributed by atoms with Crippen molar-refractivity contribution in [1.29, 1.82) is 0 Å². The number of carbonyl (C=O) groups excluding carboxylic acids is 1. The van der Waals surface area contributed by atoms with Crippen molar-refractivity contribution in [3.8, 4) is 0 Å². The molecule has 4 rings (SSSR count). The fourth-order valence-electron chi connectivity index (χ4n) is 4.05. The smallest absolute Gasteiger partial charge is 0.310 e. The molecule has 1 amide bonds. The molecule has 6 nitrogen and oxygen atoms in total. The van der Waals surface area contributed by atoms with Crippen molar-refractivity contribution < 1.29 is 24.2 Å². The molecule has 0 aromatic heterocycles. The number of hydrogen-bond donors (Lipinski definition) is 1. The van der Waals surface area contributed by atoms with Crippen molar-refractivity contribution in [2.75, 3.05) is 19.7 Å².